The number of rotatable bonds is 3. The van der Waals surface area contributed by atoms with E-state index in [0.29, 0.717) is 0 Å². The molecule has 16 heavy (non-hydrogen) atoms. The minimum absolute atomic E-state index is 0.424. The maximum Gasteiger partial charge on any atom is 0.338 e. The van der Waals surface area contributed by atoms with Crippen LogP contribution in [0.2, 0.25) is 0 Å². The molecule has 0 heterocycles. The van der Waals surface area contributed by atoms with Gasteiger partial charge in [0, 0.05) is 0 Å². The fraction of sp³-hybridized carbons (Fsp3) is 0. The highest BCUT2D eigenvalue weighted by Gasteiger charge is 2.26. The number of primary amides is 1. The summed E-state index contributed by atoms with van der Waals surface area (Å²) < 4.78 is 0. The number of hydrogen-bond donors (Lipinski definition) is 3. The van der Waals surface area contributed by atoms with Crippen LogP contribution in [-0.4, -0.2) is 21.9 Å². The van der Waals surface area contributed by atoms with Gasteiger partial charge in [-0.1, -0.05) is 0 Å². The number of carbonyl (C=O) groups excluding carboxylic acids is 1. The number of aromatic carboxylic acids is 1. The predicted octanol–water partition coefficient (Wildman–Crippen LogP) is -0.0259. The lowest BCUT2D eigenvalue weighted by atomic mass is 10.1. The first-order valence-corrected chi connectivity index (χ1v) is 3.96. The van der Waals surface area contributed by atoms with Crippen molar-refractivity contribution in [3.05, 3.63) is 33.4 Å². The van der Waals surface area contributed by atoms with Crippen LogP contribution in [0.4, 0.5) is 11.4 Å². The molecule has 1 amide bonds. The topological polar surface area (TPSA) is 150 Å². The average molecular weight is 225 g/mol. The lowest BCUT2D eigenvalue weighted by Gasteiger charge is -2.04. The van der Waals surface area contributed by atoms with Gasteiger partial charge in [-0.05, 0) is 12.1 Å². The van der Waals surface area contributed by atoms with Gasteiger partial charge in [0.2, 0.25) is 0 Å². The van der Waals surface area contributed by atoms with Crippen molar-refractivity contribution in [2.75, 3.05) is 5.73 Å². The van der Waals surface area contributed by atoms with Crippen LogP contribution in [0.3, 0.4) is 0 Å². The van der Waals surface area contributed by atoms with E-state index in [1.807, 2.05) is 0 Å². The Morgan fingerprint density at radius 3 is 2.19 bits per heavy atom. The molecule has 1 aromatic rings. The van der Waals surface area contributed by atoms with Gasteiger partial charge < -0.3 is 16.6 Å². The van der Waals surface area contributed by atoms with E-state index in [1.165, 1.54) is 0 Å². The normalized spacial score (nSPS) is 9.75. The minimum Gasteiger partial charge on any atom is -0.478 e. The van der Waals surface area contributed by atoms with E-state index in [4.69, 9.17) is 16.6 Å². The molecule has 5 N–H and O–H groups in total. The minimum atomic E-state index is -1.42. The van der Waals surface area contributed by atoms with Gasteiger partial charge in [0.05, 0.1) is 10.5 Å². The highest BCUT2D eigenvalue weighted by Crippen LogP contribution is 2.29. The van der Waals surface area contributed by atoms with Crippen molar-refractivity contribution in [3.63, 3.8) is 0 Å². The Labute approximate surface area is 88.6 Å². The first kappa shape index (κ1) is 11.4. The smallest absolute Gasteiger partial charge is 0.338 e. The van der Waals surface area contributed by atoms with E-state index in [1.54, 1.807) is 0 Å². The summed E-state index contributed by atoms with van der Waals surface area (Å²) in [6, 6.07) is 1.95. The van der Waals surface area contributed by atoms with Crippen molar-refractivity contribution in [2.45, 2.75) is 0 Å². The molecular formula is C8H7N3O5. The molecule has 0 fully saturated rings. The second-order valence-corrected chi connectivity index (χ2v) is 2.85. The van der Waals surface area contributed by atoms with Crippen LogP contribution in [0, 0.1) is 10.1 Å². The number of anilines is 1. The zero-order chi connectivity index (χ0) is 12.5. The zero-order valence-corrected chi connectivity index (χ0v) is 7.84. The van der Waals surface area contributed by atoms with E-state index in [0.717, 1.165) is 12.1 Å². The predicted molar refractivity (Wildman–Crippen MR) is 53.0 cm³/mol. The van der Waals surface area contributed by atoms with Gasteiger partial charge in [-0.15, -0.1) is 0 Å². The summed E-state index contributed by atoms with van der Waals surface area (Å²) in [5.41, 5.74) is 7.95. The fourth-order valence-corrected chi connectivity index (χ4v) is 1.19. The van der Waals surface area contributed by atoms with Crippen LogP contribution in [0.5, 0.6) is 0 Å². The molecular weight excluding hydrogens is 218 g/mol. The Kier molecular flexibility index (Phi) is 2.75. The van der Waals surface area contributed by atoms with Crippen molar-refractivity contribution < 1.29 is 19.6 Å². The molecule has 84 valence electrons. The number of carboxylic acids is 1. The van der Waals surface area contributed by atoms with Gasteiger partial charge in [-0.25, -0.2) is 4.79 Å². The Bertz CT molecular complexity index is 497. The summed E-state index contributed by atoms with van der Waals surface area (Å²) in [7, 11) is 0. The molecule has 8 heteroatoms. The highest BCUT2D eigenvalue weighted by atomic mass is 16.6. The molecule has 0 spiro atoms. The van der Waals surface area contributed by atoms with Crippen molar-refractivity contribution in [3.8, 4) is 0 Å². The summed E-state index contributed by atoms with van der Waals surface area (Å²) in [6.45, 7) is 0. The largest absolute Gasteiger partial charge is 0.478 e. The van der Waals surface area contributed by atoms with Crippen molar-refractivity contribution in [1.29, 1.82) is 0 Å². The molecule has 0 bridgehead atoms. The lowest BCUT2D eigenvalue weighted by molar-refractivity contribution is -0.384. The third-order valence-corrected chi connectivity index (χ3v) is 1.90. The number of nitrogens with zero attached hydrogens (tertiary/aromatic N) is 1. The average Bonchev–Trinajstić information content (AvgIpc) is 2.15. The molecule has 1 rings (SSSR count). The maximum atomic E-state index is 10.9. The molecule has 0 atom stereocenters. The molecule has 0 saturated heterocycles. The number of nitro groups is 1. The maximum absolute atomic E-state index is 10.9. The van der Waals surface area contributed by atoms with Crippen molar-refractivity contribution >= 4 is 23.3 Å². The van der Waals surface area contributed by atoms with Crippen LogP contribution in [0.1, 0.15) is 20.7 Å². The summed E-state index contributed by atoms with van der Waals surface area (Å²) in [5, 5.41) is 19.3. The van der Waals surface area contributed by atoms with Crippen LogP contribution >= 0.6 is 0 Å². The lowest BCUT2D eigenvalue weighted by Crippen LogP contribution is -2.16. The van der Waals surface area contributed by atoms with Crippen LogP contribution in [0.25, 0.3) is 0 Å². The molecule has 0 unspecified atom stereocenters. The van der Waals surface area contributed by atoms with Gasteiger partial charge in [0.15, 0.2) is 0 Å². The number of nitrogen functional groups attached to an aromatic ring is 1. The van der Waals surface area contributed by atoms with Gasteiger partial charge in [0.25, 0.3) is 5.91 Å². The van der Waals surface area contributed by atoms with Gasteiger partial charge >= 0.3 is 11.7 Å². The van der Waals surface area contributed by atoms with E-state index in [2.05, 4.69) is 0 Å². The monoisotopic (exact) mass is 225 g/mol. The summed E-state index contributed by atoms with van der Waals surface area (Å²) in [4.78, 5) is 31.2. The number of benzene rings is 1. The third kappa shape index (κ3) is 1.75. The van der Waals surface area contributed by atoms with E-state index < -0.39 is 39.3 Å². The quantitative estimate of drug-likeness (QED) is 0.373. The molecule has 1 aromatic carbocycles. The van der Waals surface area contributed by atoms with Crippen LogP contribution in [0.15, 0.2) is 12.1 Å². The molecule has 0 aliphatic carbocycles. The molecule has 0 aliphatic heterocycles. The Hall–Kier alpha value is -2.64. The second kappa shape index (κ2) is 3.85. The van der Waals surface area contributed by atoms with E-state index in [9.17, 15) is 19.7 Å². The summed E-state index contributed by atoms with van der Waals surface area (Å²) in [5.74, 6) is -2.47. The standard InChI is InChI=1S/C8H7N3O5/c9-5-3(8(13)14)1-2-4(7(10)12)6(5)11(15)16/h1-2H,9H2,(H2,10,12)(H,13,14). The molecule has 0 aromatic heterocycles. The Morgan fingerprint density at radius 2 is 1.81 bits per heavy atom. The molecule has 0 saturated carbocycles. The van der Waals surface area contributed by atoms with Crippen molar-refractivity contribution in [2.24, 2.45) is 5.73 Å². The van der Waals surface area contributed by atoms with Crippen LogP contribution < -0.4 is 11.5 Å². The second-order valence-electron chi connectivity index (χ2n) is 2.85. The molecule has 0 aliphatic rings. The third-order valence-electron chi connectivity index (χ3n) is 1.90. The zero-order valence-electron chi connectivity index (χ0n) is 7.84. The van der Waals surface area contributed by atoms with E-state index in [-0.39, 0.29) is 0 Å². The SMILES string of the molecule is NC(=O)c1ccc(C(=O)O)c(N)c1[N+](=O)[O-]. The first-order valence-electron chi connectivity index (χ1n) is 3.96. The summed E-state index contributed by atoms with van der Waals surface area (Å²) >= 11 is 0. The van der Waals surface area contributed by atoms with Gasteiger partial charge in [0.1, 0.15) is 11.3 Å². The summed E-state index contributed by atoms with van der Waals surface area (Å²) in [6.07, 6.45) is 0. The van der Waals surface area contributed by atoms with E-state index >= 15 is 0 Å². The van der Waals surface area contributed by atoms with Gasteiger partial charge in [-0.3, -0.25) is 14.9 Å². The number of amides is 1. The van der Waals surface area contributed by atoms with Gasteiger partial charge in [-0.2, -0.15) is 0 Å². The molecule has 0 radical (unpaired) electrons. The number of carboxylic acid groups (broad SMARTS) is 1. The van der Waals surface area contributed by atoms with Crippen LogP contribution in [-0.2, 0) is 0 Å². The Balaban J connectivity index is 3.60. The fourth-order valence-electron chi connectivity index (χ4n) is 1.19. The Morgan fingerprint density at radius 1 is 1.31 bits per heavy atom. The van der Waals surface area contributed by atoms with Crippen molar-refractivity contribution in [1.82, 2.24) is 0 Å². The first-order chi connectivity index (χ1) is 7.36. The number of carbonyl (C=O) groups is 2. The number of nitro benzene ring substituents is 1. The molecule has 8 nitrogen and oxygen atoms in total. The number of hydrogen-bond acceptors (Lipinski definition) is 5. The number of nitrogens with two attached hydrogens (primary N) is 2. The highest BCUT2D eigenvalue weighted by molar-refractivity contribution is 6.04.